The van der Waals surface area contributed by atoms with Crippen LogP contribution in [0, 0.1) is 13.8 Å². The largest absolute Gasteiger partial charge is 0.465 e. The van der Waals surface area contributed by atoms with Crippen LogP contribution in [-0.2, 0) is 27.1 Å². The van der Waals surface area contributed by atoms with Gasteiger partial charge < -0.3 is 19.3 Å². The van der Waals surface area contributed by atoms with Crippen molar-refractivity contribution in [2.45, 2.75) is 46.1 Å². The van der Waals surface area contributed by atoms with Crippen LogP contribution in [0.15, 0.2) is 33.2 Å². The van der Waals surface area contributed by atoms with Gasteiger partial charge in [0, 0.05) is 15.6 Å². The number of carbonyl (C=O) groups excluding carboxylic acids is 2. The second-order valence-electron chi connectivity index (χ2n) is 7.53. The summed E-state index contributed by atoms with van der Waals surface area (Å²) in [6, 6.07) is 6.97. The summed E-state index contributed by atoms with van der Waals surface area (Å²) in [4.78, 5) is 22.9. The van der Waals surface area contributed by atoms with Gasteiger partial charge in [-0.15, -0.1) is 0 Å². The molecule has 0 atom stereocenters. The highest BCUT2D eigenvalue weighted by molar-refractivity contribution is 9.10. The van der Waals surface area contributed by atoms with Gasteiger partial charge in [-0.05, 0) is 86.1 Å². The summed E-state index contributed by atoms with van der Waals surface area (Å²) in [6.45, 7) is 1.28. The van der Waals surface area contributed by atoms with Crippen molar-refractivity contribution in [1.82, 2.24) is 0 Å². The molecule has 0 radical (unpaired) electrons. The Kier molecular flexibility index (Phi) is 14.2. The predicted octanol–water partition coefficient (Wildman–Crippen LogP) is 6.18. The number of benzene rings is 2. The van der Waals surface area contributed by atoms with Crippen molar-refractivity contribution in [3.63, 3.8) is 0 Å². The highest BCUT2D eigenvalue weighted by Crippen LogP contribution is 2.25. The van der Waals surface area contributed by atoms with Gasteiger partial charge in [-0.25, -0.2) is 9.59 Å². The van der Waals surface area contributed by atoms with Crippen LogP contribution in [0.2, 0.25) is 0 Å². The summed E-state index contributed by atoms with van der Waals surface area (Å²) < 4.78 is 38.9. The molecule has 0 aromatic heterocycles. The molecular formula is C25H30Br2F2O6. The third kappa shape index (κ3) is 10.3. The Morgan fingerprint density at radius 3 is 1.66 bits per heavy atom. The molecule has 2 rings (SSSR count). The Morgan fingerprint density at radius 1 is 0.857 bits per heavy atom. The number of methoxy groups -OCH3 is 2. The Labute approximate surface area is 221 Å². The topological polar surface area (TPSA) is 82.1 Å². The maximum Gasteiger partial charge on any atom is 0.345 e. The summed E-state index contributed by atoms with van der Waals surface area (Å²) in [5, 5.41) is 8.81. The van der Waals surface area contributed by atoms with Gasteiger partial charge in [-0.3, -0.25) is 0 Å². The Bertz CT molecular complexity index is 998. The first-order valence-electron chi connectivity index (χ1n) is 10.8. The third-order valence-corrected chi connectivity index (χ3v) is 6.83. The van der Waals surface area contributed by atoms with E-state index in [2.05, 4.69) is 46.1 Å². The molecule has 0 unspecified atom stereocenters. The number of alkyl halides is 2. The van der Waals surface area contributed by atoms with E-state index in [9.17, 15) is 18.4 Å². The van der Waals surface area contributed by atoms with Crippen molar-refractivity contribution >= 4 is 43.8 Å². The number of rotatable bonds is 10. The third-order valence-electron chi connectivity index (χ3n) is 5.18. The van der Waals surface area contributed by atoms with Crippen LogP contribution in [0.1, 0.15) is 55.8 Å². The first-order chi connectivity index (χ1) is 16.5. The van der Waals surface area contributed by atoms with Crippen molar-refractivity contribution in [3.05, 3.63) is 66.6 Å². The van der Waals surface area contributed by atoms with E-state index in [1.807, 2.05) is 19.9 Å². The molecule has 0 fully saturated rings. The zero-order valence-electron chi connectivity index (χ0n) is 20.1. The quantitative estimate of drug-likeness (QED) is 0.251. The minimum atomic E-state index is -2.74. The molecule has 194 valence electrons. The van der Waals surface area contributed by atoms with E-state index in [1.54, 1.807) is 18.2 Å². The van der Waals surface area contributed by atoms with Crippen molar-refractivity contribution in [1.29, 1.82) is 0 Å². The zero-order chi connectivity index (χ0) is 26.5. The summed E-state index contributed by atoms with van der Waals surface area (Å²) in [7, 11) is 2.68. The van der Waals surface area contributed by atoms with E-state index in [0.29, 0.717) is 30.4 Å². The van der Waals surface area contributed by atoms with Crippen molar-refractivity contribution in [2.24, 2.45) is 0 Å². The fraction of sp³-hybridized carbons (Fsp3) is 0.440. The second kappa shape index (κ2) is 16.0. The Balaban J connectivity index is 0.000000355. The minimum Gasteiger partial charge on any atom is -0.465 e. The molecule has 0 spiro atoms. The lowest BCUT2D eigenvalue weighted by Crippen LogP contribution is -2.06. The number of esters is 2. The average molecular weight is 624 g/mol. The van der Waals surface area contributed by atoms with Gasteiger partial charge >= 0.3 is 18.6 Å². The predicted molar refractivity (Wildman–Crippen MR) is 136 cm³/mol. The highest BCUT2D eigenvalue weighted by Gasteiger charge is 2.12. The number of ether oxygens (including phenoxy) is 3. The molecular weight excluding hydrogens is 594 g/mol. The van der Waals surface area contributed by atoms with Crippen LogP contribution >= 0.6 is 31.9 Å². The number of carbonyl (C=O) groups is 2. The first kappa shape index (κ1) is 31.2. The maximum absolute atomic E-state index is 11.8. The second-order valence-corrected chi connectivity index (χ2v) is 9.24. The van der Waals surface area contributed by atoms with Crippen LogP contribution < -0.4 is 0 Å². The van der Waals surface area contributed by atoms with Crippen LogP contribution in [0.25, 0.3) is 0 Å². The summed E-state index contributed by atoms with van der Waals surface area (Å²) in [6.07, 6.45) is 2.47. The Hall–Kier alpha value is -1.88. The molecule has 0 heterocycles. The molecule has 6 nitrogen and oxygen atoms in total. The van der Waals surface area contributed by atoms with Crippen LogP contribution in [0.3, 0.4) is 0 Å². The SMILES string of the molecule is COC(=O)c1cc(Br)c(C)c(CCCO)c1.COC(=O)c1cc(Br)c(C)c(CCCOC(F)F)c1. The maximum atomic E-state index is 11.8. The lowest BCUT2D eigenvalue weighted by molar-refractivity contribution is -0.129. The van der Waals surface area contributed by atoms with Crippen molar-refractivity contribution in [2.75, 3.05) is 27.4 Å². The number of hydrogen-bond acceptors (Lipinski definition) is 6. The highest BCUT2D eigenvalue weighted by atomic mass is 79.9. The van der Waals surface area contributed by atoms with Gasteiger partial charge in [0.25, 0.3) is 0 Å². The number of aliphatic hydroxyl groups excluding tert-OH is 1. The van der Waals surface area contributed by atoms with Gasteiger partial charge in [0.1, 0.15) is 0 Å². The molecule has 0 saturated carbocycles. The van der Waals surface area contributed by atoms with E-state index in [-0.39, 0.29) is 19.2 Å². The first-order valence-corrected chi connectivity index (χ1v) is 12.4. The van der Waals surface area contributed by atoms with Crippen molar-refractivity contribution < 1.29 is 37.7 Å². The lowest BCUT2D eigenvalue weighted by Gasteiger charge is -2.10. The summed E-state index contributed by atoms with van der Waals surface area (Å²) in [5.74, 6) is -0.767. The average Bonchev–Trinajstić information content (AvgIpc) is 2.84. The van der Waals surface area contributed by atoms with Gasteiger partial charge in [0.15, 0.2) is 0 Å². The van der Waals surface area contributed by atoms with Gasteiger partial charge in [0.2, 0.25) is 0 Å². The number of aryl methyl sites for hydroxylation is 2. The standard InChI is InChI=1S/C13H15BrF2O3.C12H15BrO3/c1-8-9(4-3-5-19-13(15)16)6-10(7-11(8)14)12(17)18-2;1-8-9(4-3-5-14)6-10(7-11(8)13)12(15)16-2/h6-7,13H,3-5H2,1-2H3;6-7,14H,3-5H2,1-2H3. The number of halogens is 4. The molecule has 2 aromatic rings. The Morgan fingerprint density at radius 2 is 1.29 bits per heavy atom. The fourth-order valence-electron chi connectivity index (χ4n) is 3.17. The van der Waals surface area contributed by atoms with Crippen LogP contribution in [0.4, 0.5) is 8.78 Å². The summed E-state index contributed by atoms with van der Waals surface area (Å²) >= 11 is 6.78. The summed E-state index contributed by atoms with van der Waals surface area (Å²) in [5.41, 5.74) is 5.01. The lowest BCUT2D eigenvalue weighted by atomic mass is 10.0. The fourth-order valence-corrected chi connectivity index (χ4v) is 4.17. The van der Waals surface area contributed by atoms with Gasteiger partial charge in [0.05, 0.1) is 32.0 Å². The van der Waals surface area contributed by atoms with Crippen molar-refractivity contribution in [3.8, 4) is 0 Å². The molecule has 0 aliphatic carbocycles. The van der Waals surface area contributed by atoms with Crippen LogP contribution in [-0.4, -0.2) is 51.1 Å². The van der Waals surface area contributed by atoms with E-state index in [0.717, 1.165) is 37.6 Å². The van der Waals surface area contributed by atoms with Gasteiger partial charge in [-0.2, -0.15) is 8.78 Å². The number of aliphatic hydroxyl groups is 1. The van der Waals surface area contributed by atoms with E-state index < -0.39 is 12.6 Å². The molecule has 0 saturated heterocycles. The molecule has 35 heavy (non-hydrogen) atoms. The normalized spacial score (nSPS) is 10.6. The molecule has 0 amide bonds. The zero-order valence-corrected chi connectivity index (χ0v) is 23.3. The smallest absolute Gasteiger partial charge is 0.345 e. The molecule has 0 bridgehead atoms. The van der Waals surface area contributed by atoms with E-state index in [4.69, 9.17) is 5.11 Å². The van der Waals surface area contributed by atoms with Crippen LogP contribution in [0.5, 0.6) is 0 Å². The van der Waals surface area contributed by atoms with E-state index in [1.165, 1.54) is 14.2 Å². The molecule has 2 aromatic carbocycles. The monoisotopic (exact) mass is 622 g/mol. The molecule has 0 aliphatic heterocycles. The minimum absolute atomic E-state index is 0.0167. The number of hydrogen-bond donors (Lipinski definition) is 1. The van der Waals surface area contributed by atoms with Gasteiger partial charge in [-0.1, -0.05) is 31.9 Å². The van der Waals surface area contributed by atoms with E-state index >= 15 is 0 Å². The molecule has 0 aliphatic rings. The molecule has 10 heteroatoms. The molecule has 1 N–H and O–H groups in total.